The number of halogens is 1. The van der Waals surface area contributed by atoms with Gasteiger partial charge in [-0.25, -0.2) is 0 Å². The molecule has 3 rings (SSSR count). The van der Waals surface area contributed by atoms with Gasteiger partial charge in [-0.2, -0.15) is 0 Å². The summed E-state index contributed by atoms with van der Waals surface area (Å²) in [6, 6.07) is 0. The molecule has 1 saturated heterocycles. The molecule has 1 fully saturated rings. The van der Waals surface area contributed by atoms with Crippen LogP contribution in [0.25, 0.3) is 0 Å². The first kappa shape index (κ1) is 22.4. The van der Waals surface area contributed by atoms with E-state index < -0.39 is 0 Å². The number of fused-ring (bicyclic) bond motifs is 1. The zero-order valence-corrected chi connectivity index (χ0v) is 19.8. The van der Waals surface area contributed by atoms with Gasteiger partial charge >= 0.3 is 0 Å². The molecule has 1 aromatic heterocycles. The average molecular weight is 488 g/mol. The van der Waals surface area contributed by atoms with Gasteiger partial charge in [0.25, 0.3) is 0 Å². The van der Waals surface area contributed by atoms with Crippen LogP contribution in [-0.2, 0) is 13.0 Å². The molecule has 7 heteroatoms. The minimum atomic E-state index is 0. The summed E-state index contributed by atoms with van der Waals surface area (Å²) in [5, 5.41) is 12.0. The normalized spacial score (nSPS) is 25.7. The molecule has 0 aromatic carbocycles. The molecule has 1 N–H and O–H groups in total. The van der Waals surface area contributed by atoms with E-state index in [1.165, 1.54) is 25.7 Å². The quantitative estimate of drug-likeness (QED) is 0.391. The van der Waals surface area contributed by atoms with Gasteiger partial charge in [-0.3, -0.25) is 4.99 Å². The van der Waals surface area contributed by atoms with Gasteiger partial charge in [-0.1, -0.05) is 20.3 Å². The lowest BCUT2D eigenvalue weighted by Crippen LogP contribution is -2.50. The fraction of sp³-hybridized carbons (Fsp3) is 0.850. The molecule has 27 heavy (non-hydrogen) atoms. The Morgan fingerprint density at radius 1 is 1.33 bits per heavy atom. The number of aryl methyl sites for hydroxylation is 2. The number of guanidine groups is 1. The Morgan fingerprint density at radius 2 is 2.15 bits per heavy atom. The Hall–Kier alpha value is -0.860. The Labute approximate surface area is 181 Å². The fourth-order valence-corrected chi connectivity index (χ4v) is 4.62. The minimum Gasteiger partial charge on any atom is -0.357 e. The Balaban J connectivity index is 0.00000261. The second kappa shape index (κ2) is 10.1. The van der Waals surface area contributed by atoms with Crippen LogP contribution in [0.4, 0.5) is 0 Å². The van der Waals surface area contributed by atoms with Crippen LogP contribution in [0.2, 0.25) is 0 Å². The molecule has 154 valence electrons. The highest BCUT2D eigenvalue weighted by Gasteiger charge is 2.31. The Kier molecular flexibility index (Phi) is 8.37. The zero-order chi connectivity index (χ0) is 18.6. The molecule has 0 bridgehead atoms. The lowest BCUT2D eigenvalue weighted by Gasteiger charge is -2.42. The molecule has 0 spiro atoms. The predicted octanol–water partition coefficient (Wildman–Crippen LogP) is 3.63. The smallest absolute Gasteiger partial charge is 0.193 e. The van der Waals surface area contributed by atoms with Crippen LogP contribution in [-0.4, -0.2) is 51.8 Å². The van der Waals surface area contributed by atoms with Crippen LogP contribution >= 0.6 is 24.0 Å². The van der Waals surface area contributed by atoms with E-state index in [2.05, 4.69) is 52.7 Å². The van der Waals surface area contributed by atoms with Crippen LogP contribution in [0.1, 0.15) is 64.5 Å². The van der Waals surface area contributed by atoms with E-state index in [1.54, 1.807) is 0 Å². The third kappa shape index (κ3) is 5.57. The first-order chi connectivity index (χ1) is 12.5. The number of rotatable bonds is 5. The van der Waals surface area contributed by atoms with Gasteiger partial charge in [0, 0.05) is 39.1 Å². The van der Waals surface area contributed by atoms with Crippen LogP contribution in [0, 0.1) is 18.3 Å². The number of aromatic nitrogens is 3. The number of hydrogen-bond acceptors (Lipinski definition) is 3. The minimum absolute atomic E-state index is 0. The number of likely N-dealkylation sites (tertiary alicyclic amines) is 1. The van der Waals surface area contributed by atoms with Crippen molar-refractivity contribution >= 4 is 29.9 Å². The van der Waals surface area contributed by atoms with Crippen molar-refractivity contribution in [2.75, 3.05) is 26.2 Å². The van der Waals surface area contributed by atoms with Crippen molar-refractivity contribution in [1.29, 1.82) is 0 Å². The largest absolute Gasteiger partial charge is 0.357 e. The van der Waals surface area contributed by atoms with E-state index in [4.69, 9.17) is 4.99 Å². The van der Waals surface area contributed by atoms with Gasteiger partial charge in [-0.05, 0) is 50.9 Å². The monoisotopic (exact) mass is 488 g/mol. The van der Waals surface area contributed by atoms with Crippen molar-refractivity contribution in [3.8, 4) is 0 Å². The van der Waals surface area contributed by atoms with E-state index >= 15 is 0 Å². The lowest BCUT2D eigenvalue weighted by molar-refractivity contribution is 0.142. The van der Waals surface area contributed by atoms with Gasteiger partial charge < -0.3 is 14.8 Å². The van der Waals surface area contributed by atoms with E-state index in [-0.39, 0.29) is 24.0 Å². The molecular weight excluding hydrogens is 451 g/mol. The van der Waals surface area contributed by atoms with E-state index in [0.717, 1.165) is 63.2 Å². The second-order valence-electron chi connectivity index (χ2n) is 8.46. The van der Waals surface area contributed by atoms with Crippen LogP contribution < -0.4 is 5.32 Å². The van der Waals surface area contributed by atoms with Gasteiger partial charge in [0.1, 0.15) is 11.6 Å². The molecule has 0 aliphatic carbocycles. The van der Waals surface area contributed by atoms with E-state index in [0.29, 0.717) is 11.3 Å². The standard InChI is InChI=1S/C20H36N6.HI/c1-5-10-20(4)11-7-12-25(15-20)19(21-6-2)22-13-17-8-9-18-24-23-16(3)26(18)14-17;/h17H,5-15H2,1-4H3,(H,21,22);1H. The SMILES string of the molecule is CCCC1(C)CCCN(C(=NCC2CCc3nnc(C)n3C2)NCC)C1.I. The Morgan fingerprint density at radius 3 is 2.89 bits per heavy atom. The molecule has 3 heterocycles. The van der Waals surface area contributed by atoms with Gasteiger partial charge in [0.2, 0.25) is 0 Å². The van der Waals surface area contributed by atoms with Crippen LogP contribution in [0.15, 0.2) is 4.99 Å². The molecule has 2 unspecified atom stereocenters. The number of nitrogens with one attached hydrogen (secondary N) is 1. The summed E-state index contributed by atoms with van der Waals surface area (Å²) in [7, 11) is 0. The van der Waals surface area contributed by atoms with Crippen molar-refractivity contribution in [3.05, 3.63) is 11.6 Å². The van der Waals surface area contributed by atoms with Crippen molar-refractivity contribution in [3.63, 3.8) is 0 Å². The maximum absolute atomic E-state index is 5.05. The van der Waals surface area contributed by atoms with Gasteiger partial charge in [0.05, 0.1) is 0 Å². The van der Waals surface area contributed by atoms with Crippen molar-refractivity contribution in [1.82, 2.24) is 25.0 Å². The van der Waals surface area contributed by atoms with E-state index in [9.17, 15) is 0 Å². The molecule has 2 atom stereocenters. The summed E-state index contributed by atoms with van der Waals surface area (Å²) in [6.07, 6.45) is 7.37. The lowest BCUT2D eigenvalue weighted by atomic mass is 9.78. The summed E-state index contributed by atoms with van der Waals surface area (Å²) in [5.74, 6) is 3.87. The fourth-order valence-electron chi connectivity index (χ4n) is 4.62. The van der Waals surface area contributed by atoms with E-state index in [1.807, 2.05) is 0 Å². The summed E-state index contributed by atoms with van der Waals surface area (Å²) < 4.78 is 2.27. The maximum Gasteiger partial charge on any atom is 0.193 e. The first-order valence-corrected chi connectivity index (χ1v) is 10.5. The third-order valence-electron chi connectivity index (χ3n) is 6.00. The van der Waals surface area contributed by atoms with Crippen LogP contribution in [0.5, 0.6) is 0 Å². The van der Waals surface area contributed by atoms with Crippen molar-refractivity contribution in [2.24, 2.45) is 16.3 Å². The molecule has 0 saturated carbocycles. The Bertz CT molecular complexity index is 624. The summed E-state index contributed by atoms with van der Waals surface area (Å²) >= 11 is 0. The number of nitrogens with zero attached hydrogens (tertiary/aromatic N) is 5. The zero-order valence-electron chi connectivity index (χ0n) is 17.5. The molecule has 0 amide bonds. The summed E-state index contributed by atoms with van der Waals surface area (Å²) in [4.78, 5) is 7.55. The highest BCUT2D eigenvalue weighted by molar-refractivity contribution is 14.0. The van der Waals surface area contributed by atoms with Crippen molar-refractivity contribution in [2.45, 2.75) is 72.8 Å². The average Bonchev–Trinajstić information content (AvgIpc) is 2.99. The maximum atomic E-state index is 5.05. The number of aliphatic imine (C=N–C) groups is 1. The van der Waals surface area contributed by atoms with Gasteiger partial charge in [0.15, 0.2) is 5.96 Å². The molecule has 6 nitrogen and oxygen atoms in total. The topological polar surface area (TPSA) is 58.3 Å². The molecular formula is C20H37IN6. The number of piperidine rings is 1. The summed E-state index contributed by atoms with van der Waals surface area (Å²) in [6.45, 7) is 14.0. The third-order valence-corrected chi connectivity index (χ3v) is 6.00. The second-order valence-corrected chi connectivity index (χ2v) is 8.46. The molecule has 0 radical (unpaired) electrons. The highest BCUT2D eigenvalue weighted by atomic mass is 127. The molecule has 2 aliphatic heterocycles. The summed E-state index contributed by atoms with van der Waals surface area (Å²) in [5.41, 5.74) is 0.433. The first-order valence-electron chi connectivity index (χ1n) is 10.5. The predicted molar refractivity (Wildman–Crippen MR) is 122 cm³/mol. The highest BCUT2D eigenvalue weighted by Crippen LogP contribution is 2.34. The molecule has 1 aromatic rings. The number of hydrogen-bond donors (Lipinski definition) is 1. The molecule has 2 aliphatic rings. The van der Waals surface area contributed by atoms with Crippen molar-refractivity contribution < 1.29 is 0 Å². The van der Waals surface area contributed by atoms with Gasteiger partial charge in [-0.15, -0.1) is 34.2 Å². The van der Waals surface area contributed by atoms with Crippen LogP contribution in [0.3, 0.4) is 0 Å².